The van der Waals surface area contributed by atoms with Crippen LogP contribution in [0.5, 0.6) is 0 Å². The average molecular weight is 219 g/mol. The van der Waals surface area contributed by atoms with Gasteiger partial charge in [-0.25, -0.2) is 4.79 Å². The molecule has 1 aromatic rings. The number of fused-ring (bicyclic) bond motifs is 1. The van der Waals surface area contributed by atoms with E-state index in [0.29, 0.717) is 18.5 Å². The number of carbonyl (C=O) groups is 2. The summed E-state index contributed by atoms with van der Waals surface area (Å²) in [6.45, 7) is 2.18. The molecule has 0 saturated carbocycles. The Bertz CT molecular complexity index is 442. The molecule has 1 aliphatic rings. The maximum absolute atomic E-state index is 12.0. The number of hydrogen-bond acceptors (Lipinski definition) is 2. The number of carboxylic acid groups (broad SMARTS) is 1. The molecule has 0 radical (unpaired) electrons. The molecule has 0 aliphatic carbocycles. The molecular formula is C12H13NO3. The molecule has 1 aliphatic heterocycles. The number of amides is 1. The Kier molecular flexibility index (Phi) is 2.64. The number of nitrogens with zero attached hydrogens (tertiary/aromatic N) is 1. The third kappa shape index (κ3) is 1.56. The van der Waals surface area contributed by atoms with E-state index in [1.54, 1.807) is 19.1 Å². The highest BCUT2D eigenvalue weighted by atomic mass is 16.4. The minimum absolute atomic E-state index is 0.176. The summed E-state index contributed by atoms with van der Waals surface area (Å²) < 4.78 is 0. The highest BCUT2D eigenvalue weighted by Crippen LogP contribution is 2.25. The Morgan fingerprint density at radius 1 is 1.50 bits per heavy atom. The van der Waals surface area contributed by atoms with Crippen molar-refractivity contribution in [3.63, 3.8) is 0 Å². The Balaban J connectivity index is 2.31. The van der Waals surface area contributed by atoms with Crippen LogP contribution in [0.2, 0.25) is 0 Å². The summed E-state index contributed by atoms with van der Waals surface area (Å²) in [5.74, 6) is -1.12. The van der Waals surface area contributed by atoms with Crippen molar-refractivity contribution in [2.75, 3.05) is 0 Å². The van der Waals surface area contributed by atoms with E-state index in [-0.39, 0.29) is 5.91 Å². The summed E-state index contributed by atoms with van der Waals surface area (Å²) in [5, 5.41) is 9.04. The number of rotatable bonds is 3. The van der Waals surface area contributed by atoms with Gasteiger partial charge in [0.05, 0.1) is 0 Å². The fraction of sp³-hybridized carbons (Fsp3) is 0.333. The molecule has 2 rings (SSSR count). The molecule has 4 nitrogen and oxygen atoms in total. The van der Waals surface area contributed by atoms with E-state index in [1.165, 1.54) is 4.90 Å². The fourth-order valence-electron chi connectivity index (χ4n) is 2.06. The second-order valence-corrected chi connectivity index (χ2v) is 3.85. The minimum Gasteiger partial charge on any atom is -0.480 e. The van der Waals surface area contributed by atoms with Crippen LogP contribution in [0, 0.1) is 0 Å². The van der Waals surface area contributed by atoms with E-state index in [9.17, 15) is 9.59 Å². The van der Waals surface area contributed by atoms with Gasteiger partial charge in [-0.15, -0.1) is 0 Å². The lowest BCUT2D eigenvalue weighted by Crippen LogP contribution is -2.40. The van der Waals surface area contributed by atoms with E-state index in [4.69, 9.17) is 5.11 Å². The minimum atomic E-state index is -0.941. The standard InChI is InChI=1S/C12H13NO3/c1-2-10(12(15)16)13-7-8-5-3-4-6-9(8)11(13)14/h3-6,10H,2,7H2,1H3,(H,15,16)/t10-/m1/s1. The normalized spacial score (nSPS) is 16.1. The lowest BCUT2D eigenvalue weighted by molar-refractivity contribution is -0.142. The van der Waals surface area contributed by atoms with Crippen molar-refractivity contribution in [2.24, 2.45) is 0 Å². The highest BCUT2D eigenvalue weighted by Gasteiger charge is 2.34. The van der Waals surface area contributed by atoms with Crippen LogP contribution in [-0.4, -0.2) is 27.9 Å². The van der Waals surface area contributed by atoms with E-state index in [1.807, 2.05) is 12.1 Å². The van der Waals surface area contributed by atoms with E-state index in [2.05, 4.69) is 0 Å². The molecular weight excluding hydrogens is 206 g/mol. The van der Waals surface area contributed by atoms with Gasteiger partial charge in [-0.3, -0.25) is 4.79 Å². The van der Waals surface area contributed by atoms with Crippen molar-refractivity contribution >= 4 is 11.9 Å². The first-order valence-electron chi connectivity index (χ1n) is 5.26. The predicted molar refractivity (Wildman–Crippen MR) is 58.0 cm³/mol. The van der Waals surface area contributed by atoms with Crippen LogP contribution in [0.1, 0.15) is 29.3 Å². The number of carbonyl (C=O) groups excluding carboxylic acids is 1. The van der Waals surface area contributed by atoms with Gasteiger partial charge in [0, 0.05) is 12.1 Å². The van der Waals surface area contributed by atoms with Gasteiger partial charge in [-0.05, 0) is 18.1 Å². The number of benzene rings is 1. The lowest BCUT2D eigenvalue weighted by Gasteiger charge is -2.22. The first-order valence-corrected chi connectivity index (χ1v) is 5.26. The Labute approximate surface area is 93.5 Å². The molecule has 0 aromatic heterocycles. The van der Waals surface area contributed by atoms with E-state index < -0.39 is 12.0 Å². The van der Waals surface area contributed by atoms with Crippen LogP contribution in [0.3, 0.4) is 0 Å². The predicted octanol–water partition coefficient (Wildman–Crippen LogP) is 1.51. The van der Waals surface area contributed by atoms with Gasteiger partial charge >= 0.3 is 5.97 Å². The van der Waals surface area contributed by atoms with E-state index in [0.717, 1.165) is 5.56 Å². The van der Waals surface area contributed by atoms with Crippen LogP contribution >= 0.6 is 0 Å². The monoisotopic (exact) mass is 219 g/mol. The SMILES string of the molecule is CC[C@H](C(=O)O)N1Cc2ccccc2C1=O. The van der Waals surface area contributed by atoms with Crippen molar-refractivity contribution < 1.29 is 14.7 Å². The maximum Gasteiger partial charge on any atom is 0.326 e. The van der Waals surface area contributed by atoms with Gasteiger partial charge < -0.3 is 10.0 Å². The molecule has 84 valence electrons. The van der Waals surface area contributed by atoms with Crippen LogP contribution in [0.4, 0.5) is 0 Å². The molecule has 0 unspecified atom stereocenters. The third-order valence-electron chi connectivity index (χ3n) is 2.90. The summed E-state index contributed by atoms with van der Waals surface area (Å²) >= 11 is 0. The second-order valence-electron chi connectivity index (χ2n) is 3.85. The molecule has 0 bridgehead atoms. The first kappa shape index (κ1) is 10.7. The molecule has 4 heteroatoms. The molecule has 1 amide bonds. The number of hydrogen-bond donors (Lipinski definition) is 1. The topological polar surface area (TPSA) is 57.6 Å². The number of carboxylic acids is 1. The fourth-order valence-corrected chi connectivity index (χ4v) is 2.06. The largest absolute Gasteiger partial charge is 0.480 e. The van der Waals surface area contributed by atoms with Gasteiger partial charge in [-0.1, -0.05) is 25.1 Å². The van der Waals surface area contributed by atoms with Gasteiger partial charge in [0.1, 0.15) is 6.04 Å². The van der Waals surface area contributed by atoms with Crippen LogP contribution in [-0.2, 0) is 11.3 Å². The van der Waals surface area contributed by atoms with Gasteiger partial charge in [0.2, 0.25) is 0 Å². The average Bonchev–Trinajstić information content (AvgIpc) is 2.58. The lowest BCUT2D eigenvalue weighted by atomic mass is 10.1. The molecule has 1 heterocycles. The van der Waals surface area contributed by atoms with Gasteiger partial charge in [0.25, 0.3) is 5.91 Å². The molecule has 1 aromatic carbocycles. The van der Waals surface area contributed by atoms with Crippen molar-refractivity contribution in [2.45, 2.75) is 25.9 Å². The smallest absolute Gasteiger partial charge is 0.326 e. The Morgan fingerprint density at radius 2 is 2.19 bits per heavy atom. The highest BCUT2D eigenvalue weighted by molar-refractivity contribution is 6.00. The van der Waals surface area contributed by atoms with E-state index >= 15 is 0 Å². The third-order valence-corrected chi connectivity index (χ3v) is 2.90. The zero-order valence-corrected chi connectivity index (χ0v) is 9.01. The quantitative estimate of drug-likeness (QED) is 0.838. The summed E-state index contributed by atoms with van der Waals surface area (Å²) in [6, 6.07) is 6.53. The van der Waals surface area contributed by atoms with Crippen molar-refractivity contribution in [1.29, 1.82) is 0 Å². The van der Waals surface area contributed by atoms with Crippen LogP contribution in [0.25, 0.3) is 0 Å². The summed E-state index contributed by atoms with van der Waals surface area (Å²) in [7, 11) is 0. The Morgan fingerprint density at radius 3 is 2.75 bits per heavy atom. The Hall–Kier alpha value is -1.84. The summed E-state index contributed by atoms with van der Waals surface area (Å²) in [6.07, 6.45) is 0.426. The van der Waals surface area contributed by atoms with Crippen molar-refractivity contribution in [3.8, 4) is 0 Å². The molecule has 0 spiro atoms. The first-order chi connectivity index (χ1) is 7.65. The molecule has 1 atom stereocenters. The van der Waals surface area contributed by atoms with Crippen molar-refractivity contribution in [3.05, 3.63) is 35.4 Å². The zero-order chi connectivity index (χ0) is 11.7. The van der Waals surface area contributed by atoms with Crippen LogP contribution < -0.4 is 0 Å². The van der Waals surface area contributed by atoms with Crippen LogP contribution in [0.15, 0.2) is 24.3 Å². The van der Waals surface area contributed by atoms with Crippen molar-refractivity contribution in [1.82, 2.24) is 4.90 Å². The zero-order valence-electron chi connectivity index (χ0n) is 9.01. The molecule has 0 saturated heterocycles. The summed E-state index contributed by atoms with van der Waals surface area (Å²) in [4.78, 5) is 24.4. The van der Waals surface area contributed by atoms with Gasteiger partial charge in [-0.2, -0.15) is 0 Å². The maximum atomic E-state index is 12.0. The molecule has 1 N–H and O–H groups in total. The van der Waals surface area contributed by atoms with Gasteiger partial charge in [0.15, 0.2) is 0 Å². The molecule has 16 heavy (non-hydrogen) atoms. The number of aliphatic carboxylic acids is 1. The summed E-state index contributed by atoms with van der Waals surface area (Å²) in [5.41, 5.74) is 1.54. The molecule has 0 fully saturated rings. The second kappa shape index (κ2) is 3.96.